The fraction of sp³-hybridized carbons (Fsp3) is 0.303. The van der Waals surface area contributed by atoms with Crippen molar-refractivity contribution in [2.75, 3.05) is 20.2 Å². The second-order valence-corrected chi connectivity index (χ2v) is 13.8. The van der Waals surface area contributed by atoms with Crippen LogP contribution in [0.4, 0.5) is 0 Å². The molecule has 0 saturated carbocycles. The van der Waals surface area contributed by atoms with Crippen molar-refractivity contribution in [3.8, 4) is 11.5 Å². The molecule has 1 aromatic heterocycles. The summed E-state index contributed by atoms with van der Waals surface area (Å²) in [5.41, 5.74) is 2.55. The number of carbonyl (C=O) groups excluding carboxylic acids is 1. The van der Waals surface area contributed by atoms with E-state index in [1.165, 1.54) is 11.3 Å². The second kappa shape index (κ2) is 13.1. The highest BCUT2D eigenvalue weighted by Crippen LogP contribution is 2.40. The SMILES string of the molecule is CCN(CC)C(=O)C1=C(C)N=c2s/c(=C/c3cc(I)c(OC(C)C)c(I)c3)c(=O)n2[C@@H]1c1c(OC)ccc2ccccc12. The highest BCUT2D eigenvalue weighted by Gasteiger charge is 2.36. The van der Waals surface area contributed by atoms with Gasteiger partial charge in [-0.2, -0.15) is 0 Å². The molecule has 0 N–H and O–H groups in total. The summed E-state index contributed by atoms with van der Waals surface area (Å²) in [6.07, 6.45) is 1.95. The minimum atomic E-state index is -0.713. The molecule has 0 unspecified atom stereocenters. The van der Waals surface area contributed by atoms with Gasteiger partial charge in [-0.3, -0.25) is 14.2 Å². The highest BCUT2D eigenvalue weighted by molar-refractivity contribution is 14.1. The molecule has 1 aliphatic heterocycles. The van der Waals surface area contributed by atoms with Gasteiger partial charge in [-0.25, -0.2) is 4.99 Å². The molecule has 0 aliphatic carbocycles. The molecule has 0 saturated heterocycles. The van der Waals surface area contributed by atoms with Gasteiger partial charge in [-0.05, 0) is 120 Å². The molecule has 1 aliphatic rings. The number of rotatable bonds is 8. The lowest BCUT2D eigenvalue weighted by atomic mass is 9.90. The van der Waals surface area contributed by atoms with E-state index in [0.717, 1.165) is 34.8 Å². The Morgan fingerprint density at radius 3 is 2.42 bits per heavy atom. The quantitative estimate of drug-likeness (QED) is 0.197. The molecule has 7 nitrogen and oxygen atoms in total. The lowest BCUT2D eigenvalue weighted by molar-refractivity contribution is -0.127. The van der Waals surface area contributed by atoms with Crippen molar-refractivity contribution >= 4 is 79.3 Å². The first-order valence-corrected chi connectivity index (χ1v) is 17.1. The molecule has 4 aromatic rings. The molecule has 0 radical (unpaired) electrons. The van der Waals surface area contributed by atoms with E-state index in [0.29, 0.717) is 39.4 Å². The number of likely N-dealkylation sites (N-methyl/N-ethyl adjacent to an activating group) is 1. The predicted octanol–water partition coefficient (Wildman–Crippen LogP) is 6.26. The summed E-state index contributed by atoms with van der Waals surface area (Å²) >= 11 is 5.88. The minimum absolute atomic E-state index is 0.0547. The number of ether oxygens (including phenoxy) is 2. The zero-order chi connectivity index (χ0) is 31.0. The Balaban J connectivity index is 1.80. The molecule has 5 rings (SSSR count). The van der Waals surface area contributed by atoms with Crippen molar-refractivity contribution < 1.29 is 14.3 Å². The first-order valence-electron chi connectivity index (χ1n) is 14.1. The van der Waals surface area contributed by atoms with E-state index < -0.39 is 6.04 Å². The molecule has 2 heterocycles. The molecule has 1 atom stereocenters. The van der Waals surface area contributed by atoms with Crippen LogP contribution in [0.15, 0.2) is 69.6 Å². The van der Waals surface area contributed by atoms with Gasteiger partial charge in [-0.15, -0.1) is 0 Å². The zero-order valence-electron chi connectivity index (χ0n) is 24.9. The standard InChI is InChI=1S/C33H33I2N3O4S/c1-7-37(8-2)32(40)27-19(5)36-33-38(29(27)28-22-12-10-9-11-21(22)13-14-25(28)41-6)31(39)26(43-33)17-20-15-23(34)30(24(35)16-20)42-18(3)4/h9-18,29H,7-8H2,1-6H3/b26-17+/t29-/m0/s1. The van der Waals surface area contributed by atoms with E-state index in [-0.39, 0.29) is 17.6 Å². The Morgan fingerprint density at radius 2 is 1.79 bits per heavy atom. The maximum atomic E-state index is 14.4. The van der Waals surface area contributed by atoms with Crippen LogP contribution in [0.5, 0.6) is 11.5 Å². The van der Waals surface area contributed by atoms with Crippen molar-refractivity contribution in [1.82, 2.24) is 9.47 Å². The van der Waals surface area contributed by atoms with Gasteiger partial charge in [0.1, 0.15) is 17.5 Å². The Labute approximate surface area is 282 Å². The molecule has 1 amide bonds. The second-order valence-electron chi connectivity index (χ2n) is 10.4. The van der Waals surface area contributed by atoms with Crippen LogP contribution in [0, 0.1) is 7.14 Å². The number of thiazole rings is 1. The number of hydrogen-bond acceptors (Lipinski definition) is 6. The number of nitrogens with zero attached hydrogens (tertiary/aromatic N) is 3. The number of aromatic nitrogens is 1. The third kappa shape index (κ3) is 6.02. The maximum Gasteiger partial charge on any atom is 0.271 e. The zero-order valence-corrected chi connectivity index (χ0v) is 30.0. The Kier molecular flexibility index (Phi) is 9.67. The van der Waals surface area contributed by atoms with Crippen molar-refractivity contribution in [2.24, 2.45) is 4.99 Å². The lowest BCUT2D eigenvalue weighted by Gasteiger charge is -2.30. The van der Waals surface area contributed by atoms with E-state index in [9.17, 15) is 9.59 Å². The first kappa shape index (κ1) is 31.7. The van der Waals surface area contributed by atoms with E-state index in [1.54, 1.807) is 16.6 Å². The molecule has 10 heteroatoms. The normalized spacial score (nSPS) is 15.1. The van der Waals surface area contributed by atoms with Crippen LogP contribution in [-0.4, -0.2) is 41.7 Å². The lowest BCUT2D eigenvalue weighted by Crippen LogP contribution is -2.43. The molecule has 43 heavy (non-hydrogen) atoms. The van der Waals surface area contributed by atoms with Gasteiger partial charge in [-0.1, -0.05) is 41.7 Å². The summed E-state index contributed by atoms with van der Waals surface area (Å²) in [5, 5.41) is 1.92. The summed E-state index contributed by atoms with van der Waals surface area (Å²) in [6.45, 7) is 10.9. The Hall–Kier alpha value is -2.71. The maximum absolute atomic E-state index is 14.4. The van der Waals surface area contributed by atoms with Crippen LogP contribution in [0.25, 0.3) is 16.8 Å². The number of fused-ring (bicyclic) bond motifs is 2. The number of hydrogen-bond donors (Lipinski definition) is 0. The molecule has 224 valence electrons. The van der Waals surface area contributed by atoms with Crippen LogP contribution in [0.3, 0.4) is 0 Å². The van der Waals surface area contributed by atoms with E-state index in [2.05, 4.69) is 45.2 Å². The van der Waals surface area contributed by atoms with Crippen LogP contribution in [0.2, 0.25) is 0 Å². The number of allylic oxidation sites excluding steroid dienone is 1. The van der Waals surface area contributed by atoms with Gasteiger partial charge in [0.25, 0.3) is 11.5 Å². The van der Waals surface area contributed by atoms with Gasteiger partial charge in [0, 0.05) is 18.7 Å². The fourth-order valence-corrected chi connectivity index (χ4v) is 8.56. The third-order valence-corrected chi connectivity index (χ3v) is 9.98. The predicted molar refractivity (Wildman–Crippen MR) is 190 cm³/mol. The molecular formula is C33H33I2N3O4S. The number of benzene rings is 3. The van der Waals surface area contributed by atoms with Gasteiger partial charge in [0.2, 0.25) is 0 Å². The van der Waals surface area contributed by atoms with Crippen molar-refractivity contribution in [2.45, 2.75) is 46.8 Å². The molecular weight excluding hydrogens is 788 g/mol. The largest absolute Gasteiger partial charge is 0.496 e. The van der Waals surface area contributed by atoms with Crippen molar-refractivity contribution in [3.63, 3.8) is 0 Å². The first-order chi connectivity index (χ1) is 20.6. The summed E-state index contributed by atoms with van der Waals surface area (Å²) in [7, 11) is 1.62. The number of amides is 1. The molecule has 0 bridgehead atoms. The van der Waals surface area contributed by atoms with Crippen LogP contribution in [0.1, 0.15) is 51.8 Å². The Bertz CT molecular complexity index is 1920. The molecule has 3 aromatic carbocycles. The van der Waals surface area contributed by atoms with Crippen molar-refractivity contribution in [3.05, 3.63) is 97.8 Å². The summed E-state index contributed by atoms with van der Waals surface area (Å²) in [6, 6.07) is 15.2. The minimum Gasteiger partial charge on any atom is -0.496 e. The van der Waals surface area contributed by atoms with E-state index in [4.69, 9.17) is 14.5 Å². The Morgan fingerprint density at radius 1 is 1.12 bits per heavy atom. The van der Waals surface area contributed by atoms with E-state index >= 15 is 0 Å². The van der Waals surface area contributed by atoms with Crippen molar-refractivity contribution in [1.29, 1.82) is 0 Å². The van der Waals surface area contributed by atoms with Gasteiger partial charge in [0.15, 0.2) is 4.80 Å². The van der Waals surface area contributed by atoms with Gasteiger partial charge < -0.3 is 14.4 Å². The monoisotopic (exact) mass is 821 g/mol. The highest BCUT2D eigenvalue weighted by atomic mass is 127. The number of carbonyl (C=O) groups is 1. The summed E-state index contributed by atoms with van der Waals surface area (Å²) < 4.78 is 16.1. The van der Waals surface area contributed by atoms with Crippen LogP contribution >= 0.6 is 56.5 Å². The smallest absolute Gasteiger partial charge is 0.271 e. The third-order valence-electron chi connectivity index (χ3n) is 7.40. The summed E-state index contributed by atoms with van der Waals surface area (Å²) in [4.78, 5) is 35.7. The van der Waals surface area contributed by atoms with Crippen LogP contribution < -0.4 is 24.4 Å². The van der Waals surface area contributed by atoms with Crippen LogP contribution in [-0.2, 0) is 4.79 Å². The number of halogens is 2. The number of methoxy groups -OCH3 is 1. The fourth-order valence-electron chi connectivity index (χ4n) is 5.45. The molecule has 0 fully saturated rings. The summed E-state index contributed by atoms with van der Waals surface area (Å²) in [5.74, 6) is 1.32. The van der Waals surface area contributed by atoms with Gasteiger partial charge >= 0.3 is 0 Å². The average molecular weight is 822 g/mol. The average Bonchev–Trinajstić information content (AvgIpc) is 3.27. The van der Waals surface area contributed by atoms with Gasteiger partial charge in [0.05, 0.1) is 36.2 Å². The molecule has 0 spiro atoms. The topological polar surface area (TPSA) is 73.1 Å². The van der Waals surface area contributed by atoms with E-state index in [1.807, 2.05) is 89.2 Å².